The number of phenols is 1. The van der Waals surface area contributed by atoms with Crippen LogP contribution in [0.3, 0.4) is 0 Å². The van der Waals surface area contributed by atoms with E-state index in [1.54, 1.807) is 26.0 Å². The first-order valence-corrected chi connectivity index (χ1v) is 11.5. The van der Waals surface area contributed by atoms with Gasteiger partial charge in [-0.2, -0.15) is 8.42 Å². The average molecular weight is 439 g/mol. The first-order chi connectivity index (χ1) is 14.4. The molecule has 0 saturated heterocycles. The zero-order valence-corrected chi connectivity index (χ0v) is 19.3. The molecule has 1 N–H and O–H groups in total. The van der Waals surface area contributed by atoms with Gasteiger partial charge in [0, 0.05) is 17.7 Å². The lowest BCUT2D eigenvalue weighted by molar-refractivity contribution is 0.105. The maximum absolute atomic E-state index is 13.1. The molecule has 0 aliphatic carbocycles. The number of fused-ring (bicyclic) bond motifs is 3. The minimum atomic E-state index is -4.10. The largest absolute Gasteiger partial charge is 0.507 e. The van der Waals surface area contributed by atoms with Crippen molar-refractivity contribution in [2.24, 2.45) is 0 Å². The molecular formula is C25H26O5S. The standard InChI is InChI=1S/C25H26O5S/c1-14-7-8-20-19(11-14)23-21(26)12-18(13-22(23)29-25(20,5)6)30-31(27,28)24-16(3)9-15(2)10-17(24)4/h7-13,26H,1-6H3. The lowest BCUT2D eigenvalue weighted by atomic mass is 9.85. The SMILES string of the molecule is Cc1cc(C)c(S(=O)(=O)Oc2cc(O)c3c(c2)OC(C)(C)c2ccc(C)cc2-3)c(C)c1. The molecule has 0 aromatic heterocycles. The van der Waals surface area contributed by atoms with E-state index < -0.39 is 15.7 Å². The second kappa shape index (κ2) is 7.02. The quantitative estimate of drug-likeness (QED) is 0.532. The number of benzene rings is 3. The van der Waals surface area contributed by atoms with Crippen molar-refractivity contribution in [3.8, 4) is 28.4 Å². The van der Waals surface area contributed by atoms with Crippen LogP contribution in [0.4, 0.5) is 0 Å². The molecule has 0 saturated carbocycles. The smallest absolute Gasteiger partial charge is 0.339 e. The summed E-state index contributed by atoms with van der Waals surface area (Å²) in [7, 11) is -4.10. The highest BCUT2D eigenvalue weighted by molar-refractivity contribution is 7.87. The number of rotatable bonds is 3. The lowest BCUT2D eigenvalue weighted by Gasteiger charge is -2.35. The molecule has 0 radical (unpaired) electrons. The number of aromatic hydroxyl groups is 1. The molecular weight excluding hydrogens is 412 g/mol. The Bertz CT molecular complexity index is 1300. The average Bonchev–Trinajstić information content (AvgIpc) is 2.58. The Balaban J connectivity index is 1.82. The van der Waals surface area contributed by atoms with Crippen LogP contribution in [0.5, 0.6) is 17.2 Å². The third kappa shape index (κ3) is 3.65. The van der Waals surface area contributed by atoms with E-state index in [1.165, 1.54) is 12.1 Å². The Morgan fingerprint density at radius 3 is 2.19 bits per heavy atom. The van der Waals surface area contributed by atoms with Crippen LogP contribution >= 0.6 is 0 Å². The summed E-state index contributed by atoms with van der Waals surface area (Å²) in [6.07, 6.45) is 0. The van der Waals surface area contributed by atoms with Gasteiger partial charge in [-0.15, -0.1) is 0 Å². The van der Waals surface area contributed by atoms with Gasteiger partial charge in [-0.1, -0.05) is 41.5 Å². The lowest BCUT2D eigenvalue weighted by Crippen LogP contribution is -2.29. The van der Waals surface area contributed by atoms with E-state index in [0.717, 1.165) is 22.3 Å². The van der Waals surface area contributed by atoms with Gasteiger partial charge in [0.1, 0.15) is 27.7 Å². The topological polar surface area (TPSA) is 72.8 Å². The Hall–Kier alpha value is -2.99. The van der Waals surface area contributed by atoms with Gasteiger partial charge in [0.15, 0.2) is 0 Å². The van der Waals surface area contributed by atoms with Crippen molar-refractivity contribution in [3.63, 3.8) is 0 Å². The van der Waals surface area contributed by atoms with Crippen LogP contribution in [-0.2, 0) is 15.7 Å². The van der Waals surface area contributed by atoms with Crippen molar-refractivity contribution in [3.05, 3.63) is 70.3 Å². The molecule has 0 spiro atoms. The predicted molar refractivity (Wildman–Crippen MR) is 120 cm³/mol. The molecule has 162 valence electrons. The number of aryl methyl sites for hydroxylation is 4. The van der Waals surface area contributed by atoms with Crippen molar-refractivity contribution in [1.82, 2.24) is 0 Å². The van der Waals surface area contributed by atoms with Crippen LogP contribution in [0.15, 0.2) is 47.4 Å². The molecule has 0 unspecified atom stereocenters. The van der Waals surface area contributed by atoms with E-state index in [9.17, 15) is 13.5 Å². The minimum Gasteiger partial charge on any atom is -0.507 e. The summed E-state index contributed by atoms with van der Waals surface area (Å²) in [5, 5.41) is 10.8. The highest BCUT2D eigenvalue weighted by Gasteiger charge is 2.35. The summed E-state index contributed by atoms with van der Waals surface area (Å²) in [4.78, 5) is 0.137. The Labute approximate surface area is 183 Å². The molecule has 6 heteroatoms. The fourth-order valence-electron chi connectivity index (χ4n) is 4.42. The van der Waals surface area contributed by atoms with Crippen molar-refractivity contribution in [2.75, 3.05) is 0 Å². The third-order valence-corrected chi connectivity index (χ3v) is 7.13. The maximum atomic E-state index is 13.1. The summed E-state index contributed by atoms with van der Waals surface area (Å²) in [5.41, 5.74) is 4.95. The molecule has 0 bridgehead atoms. The first kappa shape index (κ1) is 21.2. The van der Waals surface area contributed by atoms with E-state index >= 15 is 0 Å². The Morgan fingerprint density at radius 1 is 0.903 bits per heavy atom. The van der Waals surface area contributed by atoms with Crippen LogP contribution in [0.2, 0.25) is 0 Å². The predicted octanol–water partition coefficient (Wildman–Crippen LogP) is 5.69. The molecule has 1 heterocycles. The van der Waals surface area contributed by atoms with Gasteiger partial charge in [-0.25, -0.2) is 0 Å². The second-order valence-corrected chi connectivity index (χ2v) is 10.2. The number of hydrogen-bond acceptors (Lipinski definition) is 5. The van der Waals surface area contributed by atoms with E-state index in [2.05, 4.69) is 0 Å². The Kier molecular flexibility index (Phi) is 4.81. The molecule has 1 aliphatic heterocycles. The van der Waals surface area contributed by atoms with Crippen LogP contribution in [0, 0.1) is 27.7 Å². The Morgan fingerprint density at radius 2 is 1.55 bits per heavy atom. The maximum Gasteiger partial charge on any atom is 0.339 e. The van der Waals surface area contributed by atoms with E-state index in [4.69, 9.17) is 8.92 Å². The van der Waals surface area contributed by atoms with Crippen LogP contribution in [-0.4, -0.2) is 13.5 Å². The van der Waals surface area contributed by atoms with Gasteiger partial charge in [0.2, 0.25) is 0 Å². The summed E-state index contributed by atoms with van der Waals surface area (Å²) in [5.74, 6) is 0.288. The molecule has 0 atom stereocenters. The fourth-order valence-corrected chi connectivity index (χ4v) is 5.76. The minimum absolute atomic E-state index is 0.00234. The van der Waals surface area contributed by atoms with Crippen molar-refractivity contribution in [1.29, 1.82) is 0 Å². The number of ether oxygens (including phenoxy) is 1. The van der Waals surface area contributed by atoms with Gasteiger partial charge >= 0.3 is 10.1 Å². The molecule has 1 aliphatic rings. The van der Waals surface area contributed by atoms with Gasteiger partial charge in [0.05, 0.1) is 5.56 Å². The highest BCUT2D eigenvalue weighted by Crippen LogP contribution is 2.51. The zero-order chi connectivity index (χ0) is 22.7. The summed E-state index contributed by atoms with van der Waals surface area (Å²) >= 11 is 0. The number of hydrogen-bond donors (Lipinski definition) is 1. The molecule has 3 aromatic rings. The van der Waals surface area contributed by atoms with E-state index in [0.29, 0.717) is 22.4 Å². The summed E-state index contributed by atoms with van der Waals surface area (Å²) in [6.45, 7) is 11.2. The number of phenolic OH excluding ortho intramolecular Hbond substituents is 1. The van der Waals surface area contributed by atoms with Crippen LogP contribution in [0.25, 0.3) is 11.1 Å². The molecule has 31 heavy (non-hydrogen) atoms. The molecule has 0 fully saturated rings. The van der Waals surface area contributed by atoms with Crippen LogP contribution in [0.1, 0.15) is 41.7 Å². The van der Waals surface area contributed by atoms with E-state index in [1.807, 2.05) is 45.9 Å². The summed E-state index contributed by atoms with van der Waals surface area (Å²) < 4.78 is 37.7. The normalized spacial score (nSPS) is 14.4. The van der Waals surface area contributed by atoms with Crippen molar-refractivity contribution in [2.45, 2.75) is 52.0 Å². The zero-order valence-electron chi connectivity index (χ0n) is 18.5. The van der Waals surface area contributed by atoms with Gasteiger partial charge in [-0.3, -0.25) is 0 Å². The third-order valence-electron chi connectivity index (χ3n) is 5.57. The van der Waals surface area contributed by atoms with Gasteiger partial charge < -0.3 is 14.0 Å². The van der Waals surface area contributed by atoms with Crippen molar-refractivity contribution < 1.29 is 22.4 Å². The molecule has 5 nitrogen and oxygen atoms in total. The first-order valence-electron chi connectivity index (χ1n) is 10.1. The van der Waals surface area contributed by atoms with Crippen LogP contribution < -0.4 is 8.92 Å². The van der Waals surface area contributed by atoms with Crippen molar-refractivity contribution >= 4 is 10.1 Å². The molecule has 4 rings (SSSR count). The second-order valence-electron chi connectivity index (χ2n) is 8.74. The highest BCUT2D eigenvalue weighted by atomic mass is 32.2. The fraction of sp³-hybridized carbons (Fsp3) is 0.280. The van der Waals surface area contributed by atoms with E-state index in [-0.39, 0.29) is 16.4 Å². The molecule has 0 amide bonds. The monoisotopic (exact) mass is 438 g/mol. The van der Waals surface area contributed by atoms with Gasteiger partial charge in [0.25, 0.3) is 0 Å². The summed E-state index contributed by atoms with van der Waals surface area (Å²) in [6, 6.07) is 12.4. The van der Waals surface area contributed by atoms with Gasteiger partial charge in [-0.05, 0) is 58.2 Å². The molecule has 3 aromatic carbocycles.